The highest BCUT2D eigenvalue weighted by Gasteiger charge is 2.51. The average Bonchev–Trinajstić information content (AvgIpc) is 2.93. The van der Waals surface area contributed by atoms with Crippen molar-refractivity contribution in [1.29, 1.82) is 0 Å². The molecule has 4 atom stereocenters. The predicted molar refractivity (Wildman–Crippen MR) is 94.0 cm³/mol. The van der Waals surface area contributed by atoms with Crippen molar-refractivity contribution in [2.24, 2.45) is 11.3 Å². The highest BCUT2D eigenvalue weighted by atomic mass is 16.4. The van der Waals surface area contributed by atoms with Gasteiger partial charge in [-0.05, 0) is 31.6 Å². The van der Waals surface area contributed by atoms with Crippen molar-refractivity contribution in [3.63, 3.8) is 0 Å². The van der Waals surface area contributed by atoms with Gasteiger partial charge in [0.1, 0.15) is 12.1 Å². The van der Waals surface area contributed by atoms with Gasteiger partial charge in [-0.2, -0.15) is 0 Å². The molecule has 1 saturated carbocycles. The number of carboxylic acid groups (broad SMARTS) is 1. The number of likely N-dealkylation sites (tertiary alicyclic amines) is 1. The summed E-state index contributed by atoms with van der Waals surface area (Å²) in [6.07, 6.45) is 2.78. The maximum Gasteiger partial charge on any atom is 0.405 e. The molecule has 0 spiro atoms. The van der Waals surface area contributed by atoms with Gasteiger partial charge >= 0.3 is 6.09 Å². The van der Waals surface area contributed by atoms with Gasteiger partial charge in [0.25, 0.3) is 0 Å². The van der Waals surface area contributed by atoms with Gasteiger partial charge < -0.3 is 20.6 Å². The first-order chi connectivity index (χ1) is 11.5. The molecule has 1 saturated heterocycles. The molecule has 3 amide bonds. The van der Waals surface area contributed by atoms with Crippen LogP contribution in [0.3, 0.4) is 0 Å². The fourth-order valence-corrected chi connectivity index (χ4v) is 3.49. The number of hydrogen-bond acceptors (Lipinski definition) is 3. The third-order valence-electron chi connectivity index (χ3n) is 5.21. The van der Waals surface area contributed by atoms with Gasteiger partial charge in [-0.1, -0.05) is 26.8 Å². The van der Waals surface area contributed by atoms with E-state index < -0.39 is 23.6 Å². The van der Waals surface area contributed by atoms with Crippen LogP contribution in [0.25, 0.3) is 0 Å². The topological polar surface area (TPSA) is 98.7 Å². The number of nitrogens with one attached hydrogen (secondary N) is 2. The fraction of sp³-hybridized carbons (Fsp3) is 0.722. The minimum atomic E-state index is -1.24. The molecule has 7 heteroatoms. The van der Waals surface area contributed by atoms with Crippen molar-refractivity contribution in [3.05, 3.63) is 12.7 Å². The Morgan fingerprint density at radius 2 is 2.00 bits per heavy atom. The van der Waals surface area contributed by atoms with Crippen molar-refractivity contribution in [2.75, 3.05) is 6.54 Å². The number of hydrogen-bond donors (Lipinski definition) is 3. The number of rotatable bonds is 5. The van der Waals surface area contributed by atoms with Crippen molar-refractivity contribution in [2.45, 2.75) is 64.6 Å². The van der Waals surface area contributed by atoms with E-state index in [1.807, 2.05) is 13.0 Å². The lowest BCUT2D eigenvalue weighted by Crippen LogP contribution is -2.58. The molecule has 0 aromatic heterocycles. The molecular formula is C18H29N3O4. The zero-order valence-corrected chi connectivity index (χ0v) is 15.5. The maximum absolute atomic E-state index is 12.9. The number of nitrogens with zero attached hydrogens (tertiary/aromatic N) is 1. The molecule has 2 fully saturated rings. The summed E-state index contributed by atoms with van der Waals surface area (Å²) in [6.45, 7) is 11.6. The summed E-state index contributed by atoms with van der Waals surface area (Å²) in [5.41, 5.74) is -0.867. The Bertz CT molecular complexity index is 583. The third-order valence-corrected chi connectivity index (χ3v) is 5.21. The van der Waals surface area contributed by atoms with Crippen LogP contribution in [0.5, 0.6) is 0 Å². The Balaban J connectivity index is 2.11. The Labute approximate surface area is 148 Å². The Morgan fingerprint density at radius 3 is 2.48 bits per heavy atom. The second-order valence-corrected chi connectivity index (χ2v) is 8.39. The van der Waals surface area contributed by atoms with E-state index in [4.69, 9.17) is 5.11 Å². The Kier molecular flexibility index (Phi) is 5.16. The Morgan fingerprint density at radius 1 is 1.36 bits per heavy atom. The second kappa shape index (κ2) is 6.69. The maximum atomic E-state index is 12.9. The lowest BCUT2D eigenvalue weighted by molar-refractivity contribution is -0.142. The molecule has 0 aromatic carbocycles. The van der Waals surface area contributed by atoms with Gasteiger partial charge in [0.2, 0.25) is 11.8 Å². The van der Waals surface area contributed by atoms with Gasteiger partial charge in [0.15, 0.2) is 0 Å². The van der Waals surface area contributed by atoms with E-state index in [0.29, 0.717) is 13.0 Å². The summed E-state index contributed by atoms with van der Waals surface area (Å²) >= 11 is 0. The van der Waals surface area contributed by atoms with Crippen molar-refractivity contribution in [1.82, 2.24) is 15.5 Å². The van der Waals surface area contributed by atoms with E-state index in [1.165, 1.54) is 4.90 Å². The van der Waals surface area contributed by atoms with E-state index in [9.17, 15) is 14.4 Å². The summed E-state index contributed by atoms with van der Waals surface area (Å²) in [7, 11) is 0. The number of carbonyl (C=O) groups excluding carboxylic acids is 2. The monoisotopic (exact) mass is 351 g/mol. The van der Waals surface area contributed by atoms with E-state index in [0.717, 1.165) is 12.8 Å². The molecule has 1 heterocycles. The van der Waals surface area contributed by atoms with Gasteiger partial charge in [-0.3, -0.25) is 9.59 Å². The zero-order chi connectivity index (χ0) is 19.0. The molecule has 25 heavy (non-hydrogen) atoms. The van der Waals surface area contributed by atoms with Gasteiger partial charge in [-0.25, -0.2) is 4.79 Å². The lowest BCUT2D eigenvalue weighted by atomic mass is 9.85. The molecule has 2 aliphatic rings. The molecule has 2 rings (SSSR count). The number of carbonyl (C=O) groups is 3. The summed E-state index contributed by atoms with van der Waals surface area (Å²) in [6, 6.07) is -1.44. The molecule has 0 unspecified atom stereocenters. The van der Waals surface area contributed by atoms with Crippen molar-refractivity contribution in [3.8, 4) is 0 Å². The van der Waals surface area contributed by atoms with Gasteiger partial charge in [0.05, 0.1) is 0 Å². The standard InChI is InChI=1S/C18H29N3O4/c1-6-11-10-18(11,5)20-14(22)12-8-7-9-21(12)15(23)13(17(2,3)4)19-16(24)25/h6,11-13,19H,1,7-10H2,2-5H3,(H,20,22)(H,24,25)/t11-,12+,13-,18-/m1/s1. The summed E-state index contributed by atoms with van der Waals surface area (Å²) in [5, 5.41) is 14.4. The number of amides is 3. The minimum absolute atomic E-state index is 0.166. The Hall–Kier alpha value is -2.05. The predicted octanol–water partition coefficient (Wildman–Crippen LogP) is 1.74. The summed E-state index contributed by atoms with van der Waals surface area (Å²) in [4.78, 5) is 38.3. The molecule has 0 bridgehead atoms. The molecule has 1 aliphatic heterocycles. The van der Waals surface area contributed by atoms with E-state index in [1.54, 1.807) is 20.8 Å². The van der Waals surface area contributed by atoms with Crippen LogP contribution in [0.2, 0.25) is 0 Å². The molecular weight excluding hydrogens is 322 g/mol. The average molecular weight is 351 g/mol. The molecule has 7 nitrogen and oxygen atoms in total. The van der Waals surface area contributed by atoms with E-state index in [2.05, 4.69) is 17.2 Å². The summed E-state index contributed by atoms with van der Waals surface area (Å²) < 4.78 is 0. The highest BCUT2D eigenvalue weighted by molar-refractivity contribution is 5.92. The molecule has 140 valence electrons. The van der Waals surface area contributed by atoms with Gasteiger partial charge in [-0.15, -0.1) is 6.58 Å². The van der Waals surface area contributed by atoms with Crippen LogP contribution in [0, 0.1) is 11.3 Å². The largest absolute Gasteiger partial charge is 0.465 e. The van der Waals surface area contributed by atoms with Crippen LogP contribution in [-0.4, -0.2) is 52.1 Å². The summed E-state index contributed by atoms with van der Waals surface area (Å²) in [5.74, 6) is -0.243. The van der Waals surface area contributed by atoms with Crippen LogP contribution in [0.1, 0.15) is 47.0 Å². The minimum Gasteiger partial charge on any atom is -0.465 e. The quantitative estimate of drug-likeness (QED) is 0.657. The van der Waals surface area contributed by atoms with Crippen LogP contribution in [0.4, 0.5) is 4.79 Å². The molecule has 1 aliphatic carbocycles. The first-order valence-electron chi connectivity index (χ1n) is 8.74. The first kappa shape index (κ1) is 19.3. The van der Waals surface area contributed by atoms with Crippen LogP contribution < -0.4 is 10.6 Å². The first-order valence-corrected chi connectivity index (χ1v) is 8.74. The lowest BCUT2D eigenvalue weighted by Gasteiger charge is -2.35. The van der Waals surface area contributed by atoms with Crippen LogP contribution >= 0.6 is 0 Å². The van der Waals surface area contributed by atoms with Gasteiger partial charge in [0, 0.05) is 18.0 Å². The molecule has 0 aromatic rings. The SMILES string of the molecule is C=C[C@@H]1C[C@@]1(C)NC(=O)[C@@H]1CCCN1C(=O)[C@@H](NC(=O)O)C(C)(C)C. The molecule has 3 N–H and O–H groups in total. The zero-order valence-electron chi connectivity index (χ0n) is 15.5. The highest BCUT2D eigenvalue weighted by Crippen LogP contribution is 2.44. The smallest absolute Gasteiger partial charge is 0.405 e. The van der Waals surface area contributed by atoms with Crippen LogP contribution in [0.15, 0.2) is 12.7 Å². The van der Waals surface area contributed by atoms with Crippen molar-refractivity contribution < 1.29 is 19.5 Å². The van der Waals surface area contributed by atoms with Crippen LogP contribution in [-0.2, 0) is 9.59 Å². The van der Waals surface area contributed by atoms with Crippen molar-refractivity contribution >= 4 is 17.9 Å². The van der Waals surface area contributed by atoms with E-state index >= 15 is 0 Å². The fourth-order valence-electron chi connectivity index (χ4n) is 3.49. The third kappa shape index (κ3) is 4.14. The normalized spacial score (nSPS) is 29.7. The second-order valence-electron chi connectivity index (χ2n) is 8.39. The molecule has 0 radical (unpaired) electrons. The van der Waals surface area contributed by atoms with E-state index in [-0.39, 0.29) is 23.3 Å².